The van der Waals surface area contributed by atoms with E-state index in [4.69, 9.17) is 14.6 Å². The van der Waals surface area contributed by atoms with E-state index in [1.165, 1.54) is 12.1 Å². The predicted octanol–water partition coefficient (Wildman–Crippen LogP) is 2.68. The van der Waals surface area contributed by atoms with Crippen LogP contribution < -0.4 is 10.1 Å². The summed E-state index contributed by atoms with van der Waals surface area (Å²) in [5.41, 5.74) is -0.348. The van der Waals surface area contributed by atoms with Gasteiger partial charge in [0, 0.05) is 0 Å². The van der Waals surface area contributed by atoms with Crippen molar-refractivity contribution >= 4 is 12.1 Å². The summed E-state index contributed by atoms with van der Waals surface area (Å²) in [6.45, 7) is 7.41. The van der Waals surface area contributed by atoms with E-state index < -0.39 is 17.7 Å². The van der Waals surface area contributed by atoms with Gasteiger partial charge in [-0.25, -0.2) is 9.59 Å². The van der Waals surface area contributed by atoms with Gasteiger partial charge in [-0.15, -0.1) is 0 Å². The Kier molecular flexibility index (Phi) is 5.58. The summed E-state index contributed by atoms with van der Waals surface area (Å²) in [5, 5.41) is 11.4. The Morgan fingerprint density at radius 3 is 2.29 bits per heavy atom. The molecule has 1 atom stereocenters. The Hall–Kier alpha value is -2.24. The minimum atomic E-state index is -0.985. The summed E-state index contributed by atoms with van der Waals surface area (Å²) in [7, 11) is 0. The molecule has 0 aliphatic heterocycles. The molecule has 0 radical (unpaired) electrons. The van der Waals surface area contributed by atoms with E-state index in [2.05, 4.69) is 5.32 Å². The summed E-state index contributed by atoms with van der Waals surface area (Å²) >= 11 is 0. The summed E-state index contributed by atoms with van der Waals surface area (Å²) in [6.07, 6.45) is -0.500. The first-order valence-electron chi connectivity index (χ1n) is 6.63. The lowest BCUT2D eigenvalue weighted by Crippen LogP contribution is -2.40. The van der Waals surface area contributed by atoms with Gasteiger partial charge in [-0.05, 0) is 52.0 Å². The highest BCUT2D eigenvalue weighted by Crippen LogP contribution is 2.12. The maximum atomic E-state index is 11.5. The van der Waals surface area contributed by atoms with E-state index in [9.17, 15) is 9.59 Å². The Labute approximate surface area is 124 Å². The molecule has 6 nitrogen and oxygen atoms in total. The van der Waals surface area contributed by atoms with E-state index in [0.29, 0.717) is 5.75 Å². The fourth-order valence-corrected chi connectivity index (χ4v) is 1.47. The summed E-state index contributed by atoms with van der Waals surface area (Å²) in [6, 6.07) is 5.83. The Morgan fingerprint density at radius 2 is 1.81 bits per heavy atom. The highest BCUT2D eigenvalue weighted by molar-refractivity contribution is 5.87. The average molecular weight is 295 g/mol. The van der Waals surface area contributed by atoms with E-state index in [1.807, 2.05) is 0 Å². The van der Waals surface area contributed by atoms with Crippen LogP contribution >= 0.6 is 0 Å². The number of carboxylic acids is 1. The van der Waals surface area contributed by atoms with Crippen LogP contribution in [0.5, 0.6) is 5.75 Å². The monoisotopic (exact) mass is 295 g/mol. The number of hydrogen-bond donors (Lipinski definition) is 2. The molecule has 21 heavy (non-hydrogen) atoms. The number of benzene rings is 1. The molecule has 0 saturated carbocycles. The van der Waals surface area contributed by atoms with Crippen LogP contribution in [0.15, 0.2) is 24.3 Å². The van der Waals surface area contributed by atoms with Crippen LogP contribution in [-0.2, 0) is 4.74 Å². The van der Waals surface area contributed by atoms with Crippen molar-refractivity contribution in [2.24, 2.45) is 0 Å². The second kappa shape index (κ2) is 6.97. The SMILES string of the molecule is C[C@@H](COc1ccc(C(=O)O)cc1)NC(=O)OC(C)(C)C. The molecule has 0 unspecified atom stereocenters. The van der Waals surface area contributed by atoms with Gasteiger partial charge in [-0.3, -0.25) is 0 Å². The lowest BCUT2D eigenvalue weighted by atomic mass is 10.2. The first kappa shape index (κ1) is 16.8. The number of aromatic carboxylic acids is 1. The van der Waals surface area contributed by atoms with Crippen LogP contribution in [0, 0.1) is 0 Å². The van der Waals surface area contributed by atoms with Crippen LogP contribution in [0.1, 0.15) is 38.1 Å². The van der Waals surface area contributed by atoms with Gasteiger partial charge in [-0.2, -0.15) is 0 Å². The van der Waals surface area contributed by atoms with Crippen molar-refractivity contribution in [2.45, 2.75) is 39.3 Å². The highest BCUT2D eigenvalue weighted by atomic mass is 16.6. The number of nitrogens with one attached hydrogen (secondary N) is 1. The molecule has 2 N–H and O–H groups in total. The Morgan fingerprint density at radius 1 is 1.24 bits per heavy atom. The molecule has 0 aliphatic rings. The van der Waals surface area contributed by atoms with E-state index in [-0.39, 0.29) is 18.2 Å². The zero-order valence-corrected chi connectivity index (χ0v) is 12.7. The molecule has 0 aromatic heterocycles. The van der Waals surface area contributed by atoms with E-state index in [0.717, 1.165) is 0 Å². The van der Waals surface area contributed by atoms with Gasteiger partial charge < -0.3 is 19.9 Å². The summed E-state index contributed by atoms with van der Waals surface area (Å²) in [4.78, 5) is 22.3. The molecular weight excluding hydrogens is 274 g/mol. The standard InChI is InChI=1S/C15H21NO5/c1-10(16-14(19)21-15(2,3)4)9-20-12-7-5-11(6-8-12)13(17)18/h5-8,10H,9H2,1-4H3,(H,16,19)(H,17,18)/t10-/m0/s1. The van der Waals surface area contributed by atoms with Crippen molar-refractivity contribution in [3.8, 4) is 5.75 Å². The number of carbonyl (C=O) groups is 2. The van der Waals surface area contributed by atoms with Crippen molar-refractivity contribution in [3.05, 3.63) is 29.8 Å². The number of carbonyl (C=O) groups excluding carboxylic acids is 1. The third-order valence-corrected chi connectivity index (χ3v) is 2.36. The second-order valence-corrected chi connectivity index (χ2v) is 5.69. The fraction of sp³-hybridized carbons (Fsp3) is 0.467. The first-order valence-corrected chi connectivity index (χ1v) is 6.63. The molecule has 6 heteroatoms. The minimum Gasteiger partial charge on any atom is -0.491 e. The molecule has 1 aromatic carbocycles. The van der Waals surface area contributed by atoms with Crippen LogP contribution in [0.2, 0.25) is 0 Å². The van der Waals surface area contributed by atoms with Crippen LogP contribution in [0.25, 0.3) is 0 Å². The lowest BCUT2D eigenvalue weighted by Gasteiger charge is -2.22. The first-order chi connectivity index (χ1) is 9.67. The normalized spacial score (nSPS) is 12.4. The molecule has 0 aliphatic carbocycles. The van der Waals surface area contributed by atoms with Crippen LogP contribution in [-0.4, -0.2) is 35.4 Å². The third kappa shape index (κ3) is 6.65. The van der Waals surface area contributed by atoms with Gasteiger partial charge in [0.1, 0.15) is 18.0 Å². The summed E-state index contributed by atoms with van der Waals surface area (Å²) in [5.74, 6) is -0.445. The molecule has 1 amide bonds. The minimum absolute atomic E-state index is 0.197. The zero-order chi connectivity index (χ0) is 16.0. The van der Waals surface area contributed by atoms with Crippen LogP contribution in [0.3, 0.4) is 0 Å². The van der Waals surface area contributed by atoms with Crippen molar-refractivity contribution in [1.82, 2.24) is 5.32 Å². The zero-order valence-electron chi connectivity index (χ0n) is 12.7. The van der Waals surface area contributed by atoms with Gasteiger partial charge in [-0.1, -0.05) is 0 Å². The maximum absolute atomic E-state index is 11.5. The third-order valence-electron chi connectivity index (χ3n) is 2.36. The van der Waals surface area contributed by atoms with Crippen molar-refractivity contribution in [2.75, 3.05) is 6.61 Å². The number of amides is 1. The van der Waals surface area contributed by atoms with Gasteiger partial charge in [0.25, 0.3) is 0 Å². The van der Waals surface area contributed by atoms with Crippen molar-refractivity contribution in [3.63, 3.8) is 0 Å². The van der Waals surface area contributed by atoms with E-state index >= 15 is 0 Å². The van der Waals surface area contributed by atoms with Gasteiger partial charge in [0.2, 0.25) is 0 Å². The van der Waals surface area contributed by atoms with Gasteiger partial charge in [0.05, 0.1) is 11.6 Å². The number of carboxylic acid groups (broad SMARTS) is 1. The number of rotatable bonds is 5. The topological polar surface area (TPSA) is 84.9 Å². The van der Waals surface area contributed by atoms with Gasteiger partial charge in [0.15, 0.2) is 0 Å². The van der Waals surface area contributed by atoms with Gasteiger partial charge >= 0.3 is 12.1 Å². The maximum Gasteiger partial charge on any atom is 0.407 e. The molecule has 0 spiro atoms. The molecule has 1 rings (SSSR count). The molecule has 116 valence electrons. The van der Waals surface area contributed by atoms with Crippen LogP contribution in [0.4, 0.5) is 4.79 Å². The Bertz CT molecular complexity index is 490. The molecule has 0 fully saturated rings. The molecule has 0 bridgehead atoms. The molecule has 0 heterocycles. The average Bonchev–Trinajstić information content (AvgIpc) is 2.34. The number of ether oxygens (including phenoxy) is 2. The van der Waals surface area contributed by atoms with Crippen molar-refractivity contribution in [1.29, 1.82) is 0 Å². The summed E-state index contributed by atoms with van der Waals surface area (Å²) < 4.78 is 10.6. The number of hydrogen-bond acceptors (Lipinski definition) is 4. The Balaban J connectivity index is 2.40. The predicted molar refractivity (Wildman–Crippen MR) is 77.7 cm³/mol. The molecular formula is C15H21NO5. The van der Waals surface area contributed by atoms with Crippen molar-refractivity contribution < 1.29 is 24.2 Å². The molecule has 1 aromatic rings. The second-order valence-electron chi connectivity index (χ2n) is 5.69. The lowest BCUT2D eigenvalue weighted by molar-refractivity contribution is 0.0493. The fourth-order valence-electron chi connectivity index (χ4n) is 1.47. The largest absolute Gasteiger partial charge is 0.491 e. The highest BCUT2D eigenvalue weighted by Gasteiger charge is 2.17. The molecule has 0 saturated heterocycles. The number of alkyl carbamates (subject to hydrolysis) is 1. The van der Waals surface area contributed by atoms with E-state index in [1.54, 1.807) is 39.8 Å². The quantitative estimate of drug-likeness (QED) is 0.872. The smallest absolute Gasteiger partial charge is 0.407 e.